The van der Waals surface area contributed by atoms with Gasteiger partial charge in [-0.15, -0.1) is 0 Å². The third-order valence-corrected chi connectivity index (χ3v) is 4.69. The van der Waals surface area contributed by atoms with Crippen molar-refractivity contribution in [3.63, 3.8) is 0 Å². The maximum absolute atomic E-state index is 6.28. The van der Waals surface area contributed by atoms with Crippen LogP contribution in [0.25, 0.3) is 5.69 Å². The SMILES string of the molecule is Cc1c(Cl)cccc1-n1nc(Cc2ccccn2)c2c1NCC2. The predicted octanol–water partition coefficient (Wildman–Crippen LogP) is 3.79. The predicted molar refractivity (Wildman–Crippen MR) is 92.5 cm³/mol. The molecule has 0 saturated heterocycles. The highest BCUT2D eigenvalue weighted by molar-refractivity contribution is 6.31. The summed E-state index contributed by atoms with van der Waals surface area (Å²) in [6, 6.07) is 11.9. The second kappa shape index (κ2) is 5.70. The van der Waals surface area contributed by atoms with Crippen molar-refractivity contribution in [3.05, 3.63) is 70.1 Å². The summed E-state index contributed by atoms with van der Waals surface area (Å²) in [5, 5.41) is 9.07. The summed E-state index contributed by atoms with van der Waals surface area (Å²) < 4.78 is 1.99. The summed E-state index contributed by atoms with van der Waals surface area (Å²) in [6.07, 6.45) is 3.57. The molecule has 4 rings (SSSR count). The Bertz CT molecular complexity index is 855. The van der Waals surface area contributed by atoms with Gasteiger partial charge >= 0.3 is 0 Å². The molecule has 1 N–H and O–H groups in total. The van der Waals surface area contributed by atoms with Crippen molar-refractivity contribution in [2.45, 2.75) is 19.8 Å². The Balaban J connectivity index is 1.80. The Hall–Kier alpha value is -2.33. The van der Waals surface area contributed by atoms with Crippen molar-refractivity contribution in [3.8, 4) is 5.69 Å². The van der Waals surface area contributed by atoms with Crippen molar-refractivity contribution in [1.29, 1.82) is 0 Å². The van der Waals surface area contributed by atoms with Crippen LogP contribution in [0.4, 0.5) is 5.82 Å². The van der Waals surface area contributed by atoms with Gasteiger partial charge in [-0.1, -0.05) is 23.7 Å². The lowest BCUT2D eigenvalue weighted by molar-refractivity contribution is 0.829. The summed E-state index contributed by atoms with van der Waals surface area (Å²) in [6.45, 7) is 2.97. The lowest BCUT2D eigenvalue weighted by Crippen LogP contribution is -2.06. The van der Waals surface area contributed by atoms with E-state index in [1.165, 1.54) is 5.56 Å². The minimum atomic E-state index is 0.747. The van der Waals surface area contributed by atoms with E-state index in [1.54, 1.807) is 0 Å². The van der Waals surface area contributed by atoms with Crippen molar-refractivity contribution >= 4 is 17.4 Å². The van der Waals surface area contributed by atoms with Gasteiger partial charge in [0.1, 0.15) is 5.82 Å². The van der Waals surface area contributed by atoms with Gasteiger partial charge in [0.15, 0.2) is 0 Å². The van der Waals surface area contributed by atoms with Gasteiger partial charge < -0.3 is 5.32 Å². The maximum Gasteiger partial charge on any atom is 0.133 e. The number of halogens is 1. The molecule has 5 heteroatoms. The fourth-order valence-electron chi connectivity index (χ4n) is 3.06. The molecule has 0 radical (unpaired) electrons. The first kappa shape index (κ1) is 14.3. The molecule has 0 bridgehead atoms. The number of hydrogen-bond donors (Lipinski definition) is 1. The van der Waals surface area contributed by atoms with Crippen LogP contribution in [-0.4, -0.2) is 21.3 Å². The van der Waals surface area contributed by atoms with Crippen LogP contribution in [0.1, 0.15) is 22.5 Å². The largest absolute Gasteiger partial charge is 0.369 e. The van der Waals surface area contributed by atoms with E-state index in [9.17, 15) is 0 Å². The maximum atomic E-state index is 6.28. The minimum Gasteiger partial charge on any atom is -0.369 e. The number of pyridine rings is 1. The lowest BCUT2D eigenvalue weighted by Gasteiger charge is -2.10. The van der Waals surface area contributed by atoms with E-state index >= 15 is 0 Å². The summed E-state index contributed by atoms with van der Waals surface area (Å²) in [5.41, 5.74) is 5.47. The highest BCUT2D eigenvalue weighted by Gasteiger charge is 2.24. The fraction of sp³-hybridized carbons (Fsp3) is 0.222. The van der Waals surface area contributed by atoms with Crippen LogP contribution in [0.2, 0.25) is 5.02 Å². The van der Waals surface area contributed by atoms with E-state index in [-0.39, 0.29) is 0 Å². The molecule has 4 nitrogen and oxygen atoms in total. The first-order valence-corrected chi connectivity index (χ1v) is 8.12. The average Bonchev–Trinajstić information content (AvgIpc) is 3.15. The molecule has 116 valence electrons. The van der Waals surface area contributed by atoms with Gasteiger partial charge in [0.25, 0.3) is 0 Å². The smallest absolute Gasteiger partial charge is 0.133 e. The molecule has 2 aromatic heterocycles. The van der Waals surface area contributed by atoms with Crippen LogP contribution in [0.3, 0.4) is 0 Å². The molecule has 3 heterocycles. The number of aromatic nitrogens is 3. The van der Waals surface area contributed by atoms with E-state index < -0.39 is 0 Å². The molecule has 0 saturated carbocycles. The Morgan fingerprint density at radius 1 is 1.22 bits per heavy atom. The fourth-order valence-corrected chi connectivity index (χ4v) is 3.23. The topological polar surface area (TPSA) is 42.7 Å². The van der Waals surface area contributed by atoms with Crippen LogP contribution in [0, 0.1) is 6.92 Å². The van der Waals surface area contributed by atoms with Gasteiger partial charge in [0.2, 0.25) is 0 Å². The number of hydrogen-bond acceptors (Lipinski definition) is 3. The molecule has 1 aliphatic rings. The summed E-state index contributed by atoms with van der Waals surface area (Å²) in [7, 11) is 0. The van der Waals surface area contributed by atoms with E-state index in [0.29, 0.717) is 0 Å². The third-order valence-electron chi connectivity index (χ3n) is 4.28. The van der Waals surface area contributed by atoms with Gasteiger partial charge in [-0.05, 0) is 43.2 Å². The van der Waals surface area contributed by atoms with Gasteiger partial charge in [-0.2, -0.15) is 5.10 Å². The molecular formula is C18H17ClN4. The van der Waals surface area contributed by atoms with Gasteiger partial charge in [-0.25, -0.2) is 4.68 Å². The number of anilines is 1. The molecule has 0 fully saturated rings. The van der Waals surface area contributed by atoms with Crippen LogP contribution in [0.15, 0.2) is 42.6 Å². The number of nitrogens with zero attached hydrogens (tertiary/aromatic N) is 3. The van der Waals surface area contributed by atoms with Crippen LogP contribution in [0.5, 0.6) is 0 Å². The first-order valence-electron chi connectivity index (χ1n) is 7.74. The van der Waals surface area contributed by atoms with E-state index in [0.717, 1.165) is 52.9 Å². The van der Waals surface area contributed by atoms with E-state index in [1.807, 2.05) is 48.1 Å². The first-order chi connectivity index (χ1) is 11.2. The zero-order valence-electron chi connectivity index (χ0n) is 12.9. The summed E-state index contributed by atoms with van der Waals surface area (Å²) in [4.78, 5) is 4.42. The molecule has 0 aliphatic carbocycles. The highest BCUT2D eigenvalue weighted by atomic mass is 35.5. The van der Waals surface area contributed by atoms with E-state index in [2.05, 4.69) is 16.4 Å². The standard InChI is InChI=1S/C18H17ClN4/c1-12-15(19)6-4-7-17(12)23-18-14(8-10-21-18)16(22-23)11-13-5-2-3-9-20-13/h2-7,9,21H,8,10-11H2,1H3. The number of rotatable bonds is 3. The molecule has 0 unspecified atom stereocenters. The Morgan fingerprint density at radius 3 is 2.96 bits per heavy atom. The molecule has 1 aliphatic heterocycles. The molecule has 23 heavy (non-hydrogen) atoms. The quantitative estimate of drug-likeness (QED) is 0.797. The zero-order chi connectivity index (χ0) is 15.8. The van der Waals surface area contributed by atoms with Gasteiger partial charge in [0, 0.05) is 35.4 Å². The molecule has 0 amide bonds. The Labute approximate surface area is 140 Å². The molecular weight excluding hydrogens is 308 g/mol. The molecule has 3 aromatic rings. The summed E-state index contributed by atoms with van der Waals surface area (Å²) in [5.74, 6) is 1.08. The Morgan fingerprint density at radius 2 is 2.13 bits per heavy atom. The molecule has 0 spiro atoms. The van der Waals surface area contributed by atoms with Crippen LogP contribution >= 0.6 is 11.6 Å². The number of benzene rings is 1. The third kappa shape index (κ3) is 2.49. The van der Waals surface area contributed by atoms with Crippen molar-refractivity contribution in [2.24, 2.45) is 0 Å². The average molecular weight is 325 g/mol. The number of fused-ring (bicyclic) bond motifs is 1. The lowest BCUT2D eigenvalue weighted by atomic mass is 10.1. The minimum absolute atomic E-state index is 0.747. The molecule has 1 aromatic carbocycles. The second-order valence-electron chi connectivity index (χ2n) is 5.74. The monoisotopic (exact) mass is 324 g/mol. The molecule has 0 atom stereocenters. The number of nitrogens with one attached hydrogen (secondary N) is 1. The Kier molecular flexibility index (Phi) is 3.54. The van der Waals surface area contributed by atoms with Crippen LogP contribution < -0.4 is 5.32 Å². The van der Waals surface area contributed by atoms with Gasteiger partial charge in [-0.3, -0.25) is 4.98 Å². The van der Waals surface area contributed by atoms with Crippen LogP contribution in [-0.2, 0) is 12.8 Å². The highest BCUT2D eigenvalue weighted by Crippen LogP contribution is 2.32. The van der Waals surface area contributed by atoms with Gasteiger partial charge in [0.05, 0.1) is 11.4 Å². The van der Waals surface area contributed by atoms with Crippen molar-refractivity contribution in [2.75, 3.05) is 11.9 Å². The van der Waals surface area contributed by atoms with E-state index in [4.69, 9.17) is 16.7 Å². The zero-order valence-corrected chi connectivity index (χ0v) is 13.6. The normalized spacial score (nSPS) is 13.0. The second-order valence-corrected chi connectivity index (χ2v) is 6.15. The summed E-state index contributed by atoms with van der Waals surface area (Å²) >= 11 is 6.28. The van der Waals surface area contributed by atoms with Crippen molar-refractivity contribution < 1.29 is 0 Å². The van der Waals surface area contributed by atoms with Crippen molar-refractivity contribution in [1.82, 2.24) is 14.8 Å².